The first-order chi connectivity index (χ1) is 11.9. The Balaban J connectivity index is 1.76. The van der Waals surface area contributed by atoms with Crippen LogP contribution in [-0.4, -0.2) is 54.2 Å². The van der Waals surface area contributed by atoms with Gasteiger partial charge >= 0.3 is 0 Å². The zero-order valence-electron chi connectivity index (χ0n) is 15.3. The van der Waals surface area contributed by atoms with Crippen LogP contribution in [0.15, 0.2) is 24.0 Å². The fourth-order valence-electron chi connectivity index (χ4n) is 3.40. The first kappa shape index (κ1) is 19.5. The van der Waals surface area contributed by atoms with Gasteiger partial charge in [0.15, 0.2) is 0 Å². The van der Waals surface area contributed by atoms with Gasteiger partial charge < -0.3 is 20.1 Å². The van der Waals surface area contributed by atoms with Gasteiger partial charge in [-0.05, 0) is 25.8 Å². The standard InChI is InChI=1S/C19H30N2O4/c1-15-6-4-9-21(15)18(24)14-20-17(23)13-19(2)8-3-7-16(12-19)25-11-5-10-22/h3,7-8,15,22H,4-6,9-14H2,1-2H3,(H,20,23). The molecule has 25 heavy (non-hydrogen) atoms. The highest BCUT2D eigenvalue weighted by Crippen LogP contribution is 2.35. The van der Waals surface area contributed by atoms with E-state index in [1.165, 1.54) is 0 Å². The van der Waals surface area contributed by atoms with Crippen molar-refractivity contribution in [3.05, 3.63) is 24.0 Å². The Labute approximate surface area is 149 Å². The van der Waals surface area contributed by atoms with Gasteiger partial charge in [0.1, 0.15) is 0 Å². The van der Waals surface area contributed by atoms with Crippen molar-refractivity contribution in [3.8, 4) is 0 Å². The maximum Gasteiger partial charge on any atom is 0.242 e. The predicted octanol–water partition coefficient (Wildman–Crippen LogP) is 1.75. The molecule has 0 radical (unpaired) electrons. The van der Waals surface area contributed by atoms with E-state index in [0.717, 1.165) is 25.1 Å². The number of allylic oxidation sites excluding steroid dienone is 4. The molecule has 1 saturated heterocycles. The Kier molecular flexibility index (Phi) is 7.05. The van der Waals surface area contributed by atoms with E-state index in [1.807, 2.05) is 37.0 Å². The van der Waals surface area contributed by atoms with Crippen molar-refractivity contribution in [2.45, 2.75) is 52.0 Å². The number of aliphatic hydroxyl groups excluding tert-OH is 1. The first-order valence-electron chi connectivity index (χ1n) is 9.12. The van der Waals surface area contributed by atoms with E-state index < -0.39 is 0 Å². The van der Waals surface area contributed by atoms with Gasteiger partial charge in [0.2, 0.25) is 11.8 Å². The van der Waals surface area contributed by atoms with Crippen LogP contribution >= 0.6 is 0 Å². The lowest BCUT2D eigenvalue weighted by molar-refractivity contribution is -0.133. The number of hydrogen-bond acceptors (Lipinski definition) is 4. The molecule has 1 fully saturated rings. The largest absolute Gasteiger partial charge is 0.498 e. The minimum atomic E-state index is -0.322. The summed E-state index contributed by atoms with van der Waals surface area (Å²) >= 11 is 0. The van der Waals surface area contributed by atoms with E-state index in [1.54, 1.807) is 0 Å². The maximum atomic E-state index is 12.3. The number of hydrogen-bond donors (Lipinski definition) is 2. The highest BCUT2D eigenvalue weighted by molar-refractivity contribution is 5.85. The summed E-state index contributed by atoms with van der Waals surface area (Å²) in [7, 11) is 0. The Morgan fingerprint density at radius 3 is 2.96 bits per heavy atom. The zero-order chi connectivity index (χ0) is 18.3. The molecule has 0 bridgehead atoms. The molecule has 0 aromatic carbocycles. The van der Waals surface area contributed by atoms with E-state index in [2.05, 4.69) is 5.32 Å². The van der Waals surface area contributed by atoms with Crippen LogP contribution in [0.2, 0.25) is 0 Å². The first-order valence-corrected chi connectivity index (χ1v) is 9.12. The summed E-state index contributed by atoms with van der Waals surface area (Å²) in [5.41, 5.74) is -0.322. The molecule has 2 aliphatic rings. The second-order valence-electron chi connectivity index (χ2n) is 7.28. The molecule has 140 valence electrons. The Morgan fingerprint density at radius 2 is 2.28 bits per heavy atom. The average molecular weight is 350 g/mol. The molecule has 0 spiro atoms. The molecule has 1 heterocycles. The van der Waals surface area contributed by atoms with Crippen LogP contribution in [0.3, 0.4) is 0 Å². The molecule has 6 heteroatoms. The van der Waals surface area contributed by atoms with E-state index in [9.17, 15) is 9.59 Å². The summed E-state index contributed by atoms with van der Waals surface area (Å²) in [5, 5.41) is 11.6. The third-order valence-electron chi connectivity index (χ3n) is 4.82. The second kappa shape index (κ2) is 9.04. The lowest BCUT2D eigenvalue weighted by atomic mass is 9.79. The number of ether oxygens (including phenoxy) is 1. The number of nitrogens with one attached hydrogen (secondary N) is 1. The van der Waals surface area contributed by atoms with Crippen LogP contribution in [0.1, 0.15) is 46.0 Å². The zero-order valence-corrected chi connectivity index (χ0v) is 15.3. The molecule has 2 N–H and O–H groups in total. The third kappa shape index (κ3) is 5.88. The molecule has 2 atom stereocenters. The number of aliphatic hydroxyl groups is 1. The van der Waals surface area contributed by atoms with Gasteiger partial charge in [-0.15, -0.1) is 0 Å². The molecule has 2 amide bonds. The highest BCUT2D eigenvalue weighted by atomic mass is 16.5. The van der Waals surface area contributed by atoms with Crippen LogP contribution in [0, 0.1) is 5.41 Å². The van der Waals surface area contributed by atoms with Crippen molar-refractivity contribution in [2.75, 3.05) is 26.3 Å². The third-order valence-corrected chi connectivity index (χ3v) is 4.82. The van der Waals surface area contributed by atoms with E-state index in [-0.39, 0.29) is 36.4 Å². The number of amides is 2. The summed E-state index contributed by atoms with van der Waals surface area (Å²) in [6, 6.07) is 0.270. The number of nitrogens with zero attached hydrogens (tertiary/aromatic N) is 1. The van der Waals surface area contributed by atoms with Crippen molar-refractivity contribution in [2.24, 2.45) is 5.41 Å². The smallest absolute Gasteiger partial charge is 0.242 e. The van der Waals surface area contributed by atoms with Crippen LogP contribution in [0.4, 0.5) is 0 Å². The quantitative estimate of drug-likeness (QED) is 0.654. The summed E-state index contributed by atoms with van der Waals surface area (Å²) in [5.74, 6) is 0.702. The Hall–Kier alpha value is -1.82. The van der Waals surface area contributed by atoms with Gasteiger partial charge in [0, 0.05) is 43.9 Å². The topological polar surface area (TPSA) is 78.9 Å². The van der Waals surface area contributed by atoms with Gasteiger partial charge in [-0.3, -0.25) is 9.59 Å². The molecule has 2 rings (SSSR count). The van der Waals surface area contributed by atoms with Crippen LogP contribution in [0.25, 0.3) is 0 Å². The summed E-state index contributed by atoms with van der Waals surface area (Å²) in [4.78, 5) is 26.3. The van der Waals surface area contributed by atoms with Gasteiger partial charge in [0.25, 0.3) is 0 Å². The number of carbonyl (C=O) groups excluding carboxylic acids is 2. The minimum Gasteiger partial charge on any atom is -0.498 e. The molecule has 2 unspecified atom stereocenters. The van der Waals surface area contributed by atoms with Crippen molar-refractivity contribution in [1.29, 1.82) is 0 Å². The van der Waals surface area contributed by atoms with E-state index >= 15 is 0 Å². The Morgan fingerprint density at radius 1 is 1.48 bits per heavy atom. The van der Waals surface area contributed by atoms with E-state index in [4.69, 9.17) is 9.84 Å². The molecular weight excluding hydrogens is 320 g/mol. The van der Waals surface area contributed by atoms with E-state index in [0.29, 0.717) is 25.9 Å². The maximum absolute atomic E-state index is 12.3. The average Bonchev–Trinajstić information content (AvgIpc) is 2.99. The normalized spacial score (nSPS) is 25.6. The minimum absolute atomic E-state index is 0.00406. The van der Waals surface area contributed by atoms with Crippen molar-refractivity contribution >= 4 is 11.8 Å². The molecule has 0 saturated carbocycles. The summed E-state index contributed by atoms with van der Waals surface area (Å²) in [6.45, 7) is 5.49. The number of likely N-dealkylation sites (tertiary alicyclic amines) is 1. The van der Waals surface area contributed by atoms with Crippen molar-refractivity contribution < 1.29 is 19.4 Å². The molecule has 6 nitrogen and oxygen atoms in total. The van der Waals surface area contributed by atoms with Gasteiger partial charge in [-0.1, -0.05) is 19.1 Å². The molecule has 0 aromatic heterocycles. The summed E-state index contributed by atoms with van der Waals surface area (Å²) in [6.07, 6.45) is 9.43. The summed E-state index contributed by atoms with van der Waals surface area (Å²) < 4.78 is 5.64. The molecule has 1 aliphatic carbocycles. The SMILES string of the molecule is CC1CCCN1C(=O)CNC(=O)CC1(C)C=CC=C(OCCCO)C1. The van der Waals surface area contributed by atoms with Gasteiger partial charge in [0.05, 0.1) is 18.9 Å². The number of carbonyl (C=O) groups is 2. The fourth-order valence-corrected chi connectivity index (χ4v) is 3.40. The monoisotopic (exact) mass is 350 g/mol. The van der Waals surface area contributed by atoms with Crippen LogP contribution in [-0.2, 0) is 14.3 Å². The van der Waals surface area contributed by atoms with Gasteiger partial charge in [-0.25, -0.2) is 0 Å². The Bertz CT molecular complexity index is 544. The van der Waals surface area contributed by atoms with Gasteiger partial charge in [-0.2, -0.15) is 0 Å². The van der Waals surface area contributed by atoms with Crippen molar-refractivity contribution in [1.82, 2.24) is 10.2 Å². The molecular formula is C19H30N2O4. The fraction of sp³-hybridized carbons (Fsp3) is 0.684. The molecule has 1 aliphatic heterocycles. The van der Waals surface area contributed by atoms with Crippen LogP contribution < -0.4 is 5.32 Å². The van der Waals surface area contributed by atoms with Crippen molar-refractivity contribution in [3.63, 3.8) is 0 Å². The second-order valence-corrected chi connectivity index (χ2v) is 7.28. The van der Waals surface area contributed by atoms with Crippen LogP contribution in [0.5, 0.6) is 0 Å². The molecule has 0 aromatic rings. The predicted molar refractivity (Wildman–Crippen MR) is 95.6 cm³/mol. The lowest BCUT2D eigenvalue weighted by Gasteiger charge is -2.29. The highest BCUT2D eigenvalue weighted by Gasteiger charge is 2.29. The number of rotatable bonds is 8. The lowest BCUT2D eigenvalue weighted by Crippen LogP contribution is -2.42.